The number of tetrazole rings is 1. The predicted octanol–water partition coefficient (Wildman–Crippen LogP) is -0.414. The van der Waals surface area contributed by atoms with Crippen molar-refractivity contribution in [2.45, 2.75) is 39.8 Å². The number of hydrogen-bond acceptors (Lipinski definition) is 5. The highest BCUT2D eigenvalue weighted by molar-refractivity contribution is 5.75. The van der Waals surface area contributed by atoms with Gasteiger partial charge in [0.25, 0.3) is 0 Å². The Morgan fingerprint density at radius 1 is 1.53 bits per heavy atom. The Labute approximate surface area is 100 Å². The average Bonchev–Trinajstić information content (AvgIpc) is 2.64. The molecule has 0 saturated carbocycles. The van der Waals surface area contributed by atoms with Crippen molar-refractivity contribution in [3.63, 3.8) is 0 Å². The number of hydrogen-bond donors (Lipinski definition) is 2. The van der Waals surface area contributed by atoms with Crippen LogP contribution in [0.5, 0.6) is 0 Å². The van der Waals surface area contributed by atoms with Gasteiger partial charge in [0.2, 0.25) is 5.91 Å². The molecule has 96 valence electrons. The van der Waals surface area contributed by atoms with Crippen LogP contribution in [0.2, 0.25) is 0 Å². The van der Waals surface area contributed by atoms with Crippen LogP contribution in [0.15, 0.2) is 6.33 Å². The van der Waals surface area contributed by atoms with Crippen molar-refractivity contribution in [3.8, 4) is 0 Å². The van der Waals surface area contributed by atoms with Crippen LogP contribution in [0, 0.1) is 5.41 Å². The van der Waals surface area contributed by atoms with E-state index in [-0.39, 0.29) is 24.4 Å². The largest absolute Gasteiger partial charge is 0.391 e. The minimum Gasteiger partial charge on any atom is -0.391 e. The maximum absolute atomic E-state index is 11.4. The second-order valence-corrected chi connectivity index (χ2v) is 5.23. The zero-order valence-corrected chi connectivity index (χ0v) is 10.4. The van der Waals surface area contributed by atoms with Gasteiger partial charge in [-0.25, -0.2) is 4.68 Å². The highest BCUT2D eigenvalue weighted by atomic mass is 16.3. The standard InChI is InChI=1S/C10H19N5O2/c1-10(2,3)4-8(16)5-11-9(17)6-15-7-12-13-14-15/h7-8,16H,4-6H2,1-3H3,(H,11,17). The average molecular weight is 241 g/mol. The Bertz CT molecular complexity index is 344. The molecule has 1 atom stereocenters. The summed E-state index contributed by atoms with van der Waals surface area (Å²) in [7, 11) is 0. The van der Waals surface area contributed by atoms with Crippen LogP contribution in [0.3, 0.4) is 0 Å². The molecule has 0 spiro atoms. The van der Waals surface area contributed by atoms with Crippen molar-refractivity contribution in [2.24, 2.45) is 5.41 Å². The van der Waals surface area contributed by atoms with Gasteiger partial charge in [-0.1, -0.05) is 20.8 Å². The fraction of sp³-hybridized carbons (Fsp3) is 0.800. The van der Waals surface area contributed by atoms with Crippen molar-refractivity contribution in [1.29, 1.82) is 0 Å². The smallest absolute Gasteiger partial charge is 0.241 e. The lowest BCUT2D eigenvalue weighted by molar-refractivity contribution is -0.122. The van der Waals surface area contributed by atoms with E-state index in [4.69, 9.17) is 0 Å². The molecule has 0 radical (unpaired) electrons. The van der Waals surface area contributed by atoms with Gasteiger partial charge in [0.1, 0.15) is 12.9 Å². The van der Waals surface area contributed by atoms with Crippen molar-refractivity contribution >= 4 is 5.91 Å². The number of amides is 1. The lowest BCUT2D eigenvalue weighted by atomic mass is 9.89. The van der Waals surface area contributed by atoms with Crippen molar-refractivity contribution in [2.75, 3.05) is 6.54 Å². The first-order valence-electron chi connectivity index (χ1n) is 5.52. The first-order chi connectivity index (χ1) is 7.87. The molecule has 1 aromatic heterocycles. The van der Waals surface area contributed by atoms with Crippen LogP contribution < -0.4 is 5.32 Å². The van der Waals surface area contributed by atoms with E-state index in [1.54, 1.807) is 0 Å². The van der Waals surface area contributed by atoms with E-state index in [1.807, 2.05) is 20.8 Å². The molecule has 0 aliphatic heterocycles. The number of carbonyl (C=O) groups excluding carboxylic acids is 1. The van der Waals surface area contributed by atoms with Crippen LogP contribution in [0.1, 0.15) is 27.2 Å². The number of aliphatic hydroxyl groups is 1. The van der Waals surface area contributed by atoms with Gasteiger partial charge in [-0.2, -0.15) is 0 Å². The van der Waals surface area contributed by atoms with Crippen LogP contribution in [-0.4, -0.2) is 43.9 Å². The van der Waals surface area contributed by atoms with Crippen LogP contribution >= 0.6 is 0 Å². The molecule has 0 fully saturated rings. The van der Waals surface area contributed by atoms with Gasteiger partial charge < -0.3 is 10.4 Å². The third-order valence-corrected chi connectivity index (χ3v) is 2.08. The number of aliphatic hydroxyl groups excluding tert-OH is 1. The second-order valence-electron chi connectivity index (χ2n) is 5.23. The monoisotopic (exact) mass is 241 g/mol. The van der Waals surface area contributed by atoms with Gasteiger partial charge in [-0.15, -0.1) is 5.10 Å². The summed E-state index contributed by atoms with van der Waals surface area (Å²) in [5.41, 5.74) is 0.0416. The number of rotatable bonds is 5. The number of nitrogens with one attached hydrogen (secondary N) is 1. The summed E-state index contributed by atoms with van der Waals surface area (Å²) < 4.78 is 1.32. The molecule has 7 nitrogen and oxygen atoms in total. The van der Waals surface area contributed by atoms with E-state index in [1.165, 1.54) is 11.0 Å². The zero-order chi connectivity index (χ0) is 12.9. The van der Waals surface area contributed by atoms with E-state index in [0.717, 1.165) is 0 Å². The quantitative estimate of drug-likeness (QED) is 0.730. The molecule has 17 heavy (non-hydrogen) atoms. The maximum atomic E-state index is 11.4. The molecule has 0 aliphatic rings. The van der Waals surface area contributed by atoms with Crippen LogP contribution in [0.4, 0.5) is 0 Å². The van der Waals surface area contributed by atoms with Gasteiger partial charge in [-0.05, 0) is 22.3 Å². The SMILES string of the molecule is CC(C)(C)CC(O)CNC(=O)Cn1cnnn1. The lowest BCUT2D eigenvalue weighted by Crippen LogP contribution is -2.36. The van der Waals surface area contributed by atoms with Crippen molar-refractivity contribution in [1.82, 2.24) is 25.5 Å². The van der Waals surface area contributed by atoms with E-state index < -0.39 is 6.10 Å². The Morgan fingerprint density at radius 2 is 2.24 bits per heavy atom. The Balaban J connectivity index is 2.24. The summed E-state index contributed by atoms with van der Waals surface area (Å²) in [4.78, 5) is 11.4. The van der Waals surface area contributed by atoms with Gasteiger partial charge in [0.05, 0.1) is 6.10 Å². The molecule has 1 amide bonds. The summed E-state index contributed by atoms with van der Waals surface area (Å²) in [6.07, 6.45) is 1.47. The summed E-state index contributed by atoms with van der Waals surface area (Å²) in [6, 6.07) is 0. The summed E-state index contributed by atoms with van der Waals surface area (Å²) in [5.74, 6) is -0.217. The third-order valence-electron chi connectivity index (χ3n) is 2.08. The predicted molar refractivity (Wildman–Crippen MR) is 60.9 cm³/mol. The normalized spacial score (nSPS) is 13.4. The van der Waals surface area contributed by atoms with Crippen LogP contribution in [-0.2, 0) is 11.3 Å². The second kappa shape index (κ2) is 5.72. The topological polar surface area (TPSA) is 92.9 Å². The molecule has 1 heterocycles. The molecule has 1 unspecified atom stereocenters. The zero-order valence-electron chi connectivity index (χ0n) is 10.4. The molecular weight excluding hydrogens is 222 g/mol. The highest BCUT2D eigenvalue weighted by Gasteiger charge is 2.17. The molecule has 7 heteroatoms. The minimum absolute atomic E-state index is 0.0416. The Morgan fingerprint density at radius 3 is 2.76 bits per heavy atom. The van der Waals surface area contributed by atoms with Crippen molar-refractivity contribution in [3.05, 3.63) is 6.33 Å². The first-order valence-corrected chi connectivity index (χ1v) is 5.52. The third kappa shape index (κ3) is 5.96. The molecule has 1 aromatic rings. The number of nitrogens with zero attached hydrogens (tertiary/aromatic N) is 4. The molecule has 0 aliphatic carbocycles. The van der Waals surface area contributed by atoms with Gasteiger partial charge in [-0.3, -0.25) is 4.79 Å². The summed E-state index contributed by atoms with van der Waals surface area (Å²) >= 11 is 0. The Kier molecular flexibility index (Phi) is 4.56. The Hall–Kier alpha value is -1.50. The molecule has 1 rings (SSSR count). The van der Waals surface area contributed by atoms with E-state index >= 15 is 0 Å². The van der Waals surface area contributed by atoms with Gasteiger partial charge in [0.15, 0.2) is 0 Å². The summed E-state index contributed by atoms with van der Waals surface area (Å²) in [5, 5.41) is 22.8. The lowest BCUT2D eigenvalue weighted by Gasteiger charge is -2.22. The number of carbonyl (C=O) groups is 1. The van der Waals surface area contributed by atoms with Crippen LogP contribution in [0.25, 0.3) is 0 Å². The van der Waals surface area contributed by atoms with Crippen molar-refractivity contribution < 1.29 is 9.90 Å². The van der Waals surface area contributed by atoms with Gasteiger partial charge in [0, 0.05) is 6.54 Å². The first kappa shape index (κ1) is 13.6. The fourth-order valence-corrected chi connectivity index (χ4v) is 1.47. The molecule has 2 N–H and O–H groups in total. The summed E-state index contributed by atoms with van der Waals surface area (Å²) in [6.45, 7) is 6.44. The fourth-order valence-electron chi connectivity index (χ4n) is 1.47. The molecular formula is C10H19N5O2. The van der Waals surface area contributed by atoms with E-state index in [0.29, 0.717) is 6.42 Å². The highest BCUT2D eigenvalue weighted by Crippen LogP contribution is 2.20. The van der Waals surface area contributed by atoms with E-state index in [9.17, 15) is 9.90 Å². The molecule has 0 saturated heterocycles. The molecule has 0 aromatic carbocycles. The van der Waals surface area contributed by atoms with Gasteiger partial charge >= 0.3 is 0 Å². The van der Waals surface area contributed by atoms with E-state index in [2.05, 4.69) is 20.8 Å². The number of aromatic nitrogens is 4. The maximum Gasteiger partial charge on any atom is 0.241 e. The molecule has 0 bridgehead atoms. The minimum atomic E-state index is -0.534.